The third-order valence-electron chi connectivity index (χ3n) is 9.04. The molecule has 3 aromatic rings. The van der Waals surface area contributed by atoms with Gasteiger partial charge < -0.3 is 19.7 Å². The maximum Gasteiger partial charge on any atom is 0.340 e. The minimum atomic E-state index is -2.24. The van der Waals surface area contributed by atoms with Gasteiger partial charge in [-0.1, -0.05) is 39.0 Å². The number of fused-ring (bicyclic) bond motifs is 1. The number of nitrogens with zero attached hydrogens (tertiary/aromatic N) is 2. The highest BCUT2D eigenvalue weighted by Crippen LogP contribution is 2.44. The molecule has 0 bridgehead atoms. The first-order valence-electron chi connectivity index (χ1n) is 14.4. The Morgan fingerprint density at radius 2 is 1.88 bits per heavy atom. The highest BCUT2D eigenvalue weighted by Gasteiger charge is 2.39. The molecule has 0 saturated heterocycles. The molecule has 4 rings (SSSR count). The van der Waals surface area contributed by atoms with Crippen LogP contribution in [0.5, 0.6) is 0 Å². The summed E-state index contributed by atoms with van der Waals surface area (Å²) >= 11 is 0. The van der Waals surface area contributed by atoms with Crippen molar-refractivity contribution in [2.75, 3.05) is 30.9 Å². The number of methoxy groups -OCH3 is 1. The molecule has 1 aliphatic carbocycles. The van der Waals surface area contributed by atoms with Gasteiger partial charge in [0.05, 0.1) is 24.6 Å². The van der Waals surface area contributed by atoms with E-state index in [1.165, 1.54) is 29.5 Å². The maximum absolute atomic E-state index is 12.1. The van der Waals surface area contributed by atoms with E-state index in [-0.39, 0.29) is 11.0 Å². The zero-order valence-electron chi connectivity index (χ0n) is 25.1. The molecule has 214 valence electrons. The van der Waals surface area contributed by atoms with E-state index in [2.05, 4.69) is 85.5 Å². The number of carbonyl (C=O) groups is 1. The summed E-state index contributed by atoms with van der Waals surface area (Å²) in [5.74, 6) is 0.396. The van der Waals surface area contributed by atoms with E-state index < -0.39 is 8.32 Å². The third kappa shape index (κ3) is 6.58. The summed E-state index contributed by atoms with van der Waals surface area (Å²) in [6.45, 7) is 11.5. The Balaban J connectivity index is 1.45. The van der Waals surface area contributed by atoms with Crippen LogP contribution in [0.1, 0.15) is 78.9 Å². The minimum Gasteiger partial charge on any atom is -0.465 e. The van der Waals surface area contributed by atoms with E-state index in [4.69, 9.17) is 4.74 Å². The molecule has 0 radical (unpaired) electrons. The number of esters is 1. The Kier molecular flexibility index (Phi) is 9.05. The number of benzene rings is 2. The second kappa shape index (κ2) is 12.1. The third-order valence-corrected chi connectivity index (χ3v) is 12.6. The Morgan fingerprint density at radius 3 is 2.55 bits per heavy atom. The first kappa shape index (κ1) is 29.8. The molecule has 1 unspecified atom stereocenters. The van der Waals surface area contributed by atoms with Crippen LogP contribution in [-0.4, -0.2) is 44.8 Å². The standard InChI is InChI=1S/C33H45N3O3Si/c1-23(20-33(2,3)40(6,7)38)24-11-13-27(14-12-24)36(4)28-15-16-29-25(19-28)9-8-10-26(29)21-35-31-22-34-18-17-30(31)32(37)39-5/h11-19,22-23,26,35,38H,8-10,20-21H2,1-7H3/t23?,26-/m0/s1. The van der Waals surface area contributed by atoms with Gasteiger partial charge in [0, 0.05) is 37.1 Å². The molecule has 2 atom stereocenters. The van der Waals surface area contributed by atoms with Crippen LogP contribution in [0.25, 0.3) is 0 Å². The van der Waals surface area contributed by atoms with Gasteiger partial charge in [0.15, 0.2) is 8.32 Å². The molecule has 0 spiro atoms. The SMILES string of the molecule is COC(=O)c1ccncc1NC[C@@H]1CCCc2cc(N(C)c3ccc(C(C)CC(C)(C)[Si](C)(C)O)cc3)ccc21. The fourth-order valence-electron chi connectivity index (χ4n) is 5.69. The molecule has 0 amide bonds. The summed E-state index contributed by atoms with van der Waals surface area (Å²) in [5, 5.41) is 3.41. The number of hydrogen-bond acceptors (Lipinski definition) is 6. The lowest BCUT2D eigenvalue weighted by Gasteiger charge is -2.37. The molecule has 1 aromatic heterocycles. The Bertz CT molecular complexity index is 1320. The number of ether oxygens (including phenoxy) is 1. The van der Waals surface area contributed by atoms with Crippen LogP contribution in [0.3, 0.4) is 0 Å². The lowest BCUT2D eigenvalue weighted by Crippen LogP contribution is -2.39. The number of hydrogen-bond donors (Lipinski definition) is 2. The molecular formula is C33H45N3O3Si. The summed E-state index contributed by atoms with van der Waals surface area (Å²) in [7, 11) is 1.29. The first-order chi connectivity index (χ1) is 18.9. The highest BCUT2D eigenvalue weighted by atomic mass is 28.4. The van der Waals surface area contributed by atoms with Gasteiger partial charge in [0.1, 0.15) is 0 Å². The number of nitrogens with one attached hydrogen (secondary N) is 1. The van der Waals surface area contributed by atoms with Gasteiger partial charge in [0.25, 0.3) is 0 Å². The van der Waals surface area contributed by atoms with Crippen molar-refractivity contribution >= 4 is 31.3 Å². The number of aromatic nitrogens is 1. The van der Waals surface area contributed by atoms with Crippen molar-refractivity contribution in [3.63, 3.8) is 0 Å². The minimum absolute atomic E-state index is 0.0417. The van der Waals surface area contributed by atoms with Gasteiger partial charge in [-0.25, -0.2) is 4.79 Å². The molecule has 0 fully saturated rings. The van der Waals surface area contributed by atoms with Crippen LogP contribution in [0.2, 0.25) is 18.1 Å². The predicted molar refractivity (Wildman–Crippen MR) is 167 cm³/mol. The van der Waals surface area contributed by atoms with Gasteiger partial charge in [-0.15, -0.1) is 0 Å². The van der Waals surface area contributed by atoms with Crippen molar-refractivity contribution in [3.8, 4) is 0 Å². The fourth-order valence-corrected chi connectivity index (χ4v) is 6.49. The summed E-state index contributed by atoms with van der Waals surface area (Å²) in [4.78, 5) is 29.3. The molecule has 2 N–H and O–H groups in total. The lowest BCUT2D eigenvalue weighted by atomic mass is 9.82. The molecule has 1 heterocycles. The van der Waals surface area contributed by atoms with Crippen molar-refractivity contribution in [2.45, 2.75) is 76.4 Å². The molecule has 6 nitrogen and oxygen atoms in total. The maximum atomic E-state index is 12.1. The van der Waals surface area contributed by atoms with Crippen LogP contribution in [0, 0.1) is 0 Å². The van der Waals surface area contributed by atoms with E-state index >= 15 is 0 Å². The molecule has 0 aliphatic heterocycles. The van der Waals surface area contributed by atoms with Gasteiger partial charge in [-0.3, -0.25) is 4.98 Å². The normalized spacial score (nSPS) is 16.1. The van der Waals surface area contributed by atoms with Crippen molar-refractivity contribution in [1.29, 1.82) is 0 Å². The zero-order chi connectivity index (χ0) is 29.1. The van der Waals surface area contributed by atoms with Crippen LogP contribution in [0.15, 0.2) is 60.9 Å². The quantitative estimate of drug-likeness (QED) is 0.196. The number of anilines is 3. The second-order valence-electron chi connectivity index (χ2n) is 12.5. The molecular weight excluding hydrogens is 514 g/mol. The van der Waals surface area contributed by atoms with Crippen LogP contribution < -0.4 is 10.2 Å². The monoisotopic (exact) mass is 559 g/mol. The van der Waals surface area contributed by atoms with Crippen molar-refractivity contribution in [2.24, 2.45) is 0 Å². The number of pyridine rings is 1. The molecule has 0 saturated carbocycles. The van der Waals surface area contributed by atoms with Crippen molar-refractivity contribution in [3.05, 3.63) is 83.2 Å². The predicted octanol–water partition coefficient (Wildman–Crippen LogP) is 7.64. The molecule has 2 aromatic carbocycles. The van der Waals surface area contributed by atoms with E-state index in [1.54, 1.807) is 18.5 Å². The number of aryl methyl sites for hydroxylation is 1. The van der Waals surface area contributed by atoms with Crippen molar-refractivity contribution < 1.29 is 14.3 Å². The molecule has 1 aliphatic rings. The van der Waals surface area contributed by atoms with Gasteiger partial charge in [-0.05, 0) is 96.8 Å². The van der Waals surface area contributed by atoms with Gasteiger partial charge >= 0.3 is 5.97 Å². The topological polar surface area (TPSA) is 74.7 Å². The fraction of sp³-hybridized carbons (Fsp3) is 0.455. The van der Waals surface area contributed by atoms with Gasteiger partial charge in [-0.2, -0.15) is 0 Å². The zero-order valence-corrected chi connectivity index (χ0v) is 26.1. The average molecular weight is 560 g/mol. The smallest absolute Gasteiger partial charge is 0.340 e. The molecule has 40 heavy (non-hydrogen) atoms. The van der Waals surface area contributed by atoms with Gasteiger partial charge in [0.2, 0.25) is 0 Å². The van der Waals surface area contributed by atoms with Crippen LogP contribution >= 0.6 is 0 Å². The van der Waals surface area contributed by atoms with E-state index in [9.17, 15) is 9.59 Å². The largest absolute Gasteiger partial charge is 0.465 e. The average Bonchev–Trinajstić information content (AvgIpc) is 2.94. The first-order valence-corrected chi connectivity index (χ1v) is 17.3. The van der Waals surface area contributed by atoms with E-state index in [1.807, 2.05) is 13.1 Å². The number of rotatable bonds is 10. The highest BCUT2D eigenvalue weighted by molar-refractivity contribution is 6.72. The van der Waals surface area contributed by atoms with E-state index in [0.29, 0.717) is 23.1 Å². The van der Waals surface area contributed by atoms with Crippen LogP contribution in [-0.2, 0) is 11.2 Å². The summed E-state index contributed by atoms with van der Waals surface area (Å²) in [6, 6.07) is 17.4. The Labute approximate surface area is 240 Å². The number of carbonyl (C=O) groups excluding carboxylic acids is 1. The Hall–Kier alpha value is -3.16. The van der Waals surface area contributed by atoms with Crippen LogP contribution in [0.4, 0.5) is 17.1 Å². The van der Waals surface area contributed by atoms with E-state index in [0.717, 1.165) is 37.9 Å². The van der Waals surface area contributed by atoms with Crippen molar-refractivity contribution in [1.82, 2.24) is 4.98 Å². The summed E-state index contributed by atoms with van der Waals surface area (Å²) in [5.41, 5.74) is 7.64. The summed E-state index contributed by atoms with van der Waals surface area (Å²) < 4.78 is 4.93. The lowest BCUT2D eigenvalue weighted by molar-refractivity contribution is 0.0601. The molecule has 7 heteroatoms. The Morgan fingerprint density at radius 1 is 1.18 bits per heavy atom. The summed E-state index contributed by atoms with van der Waals surface area (Å²) in [6.07, 6.45) is 7.60. The second-order valence-corrected chi connectivity index (χ2v) is 16.9.